The number of imidazole rings is 1. The number of nitrogens with one attached hydrogen (secondary N) is 1. The van der Waals surface area contributed by atoms with Crippen molar-refractivity contribution in [2.45, 2.75) is 33.2 Å². The Morgan fingerprint density at radius 3 is 2.94 bits per heavy atom. The van der Waals surface area contributed by atoms with Crippen molar-refractivity contribution < 1.29 is 0 Å². The lowest BCUT2D eigenvalue weighted by Crippen LogP contribution is -2.16. The molecule has 0 fully saturated rings. The summed E-state index contributed by atoms with van der Waals surface area (Å²) >= 11 is 0. The van der Waals surface area contributed by atoms with Gasteiger partial charge in [0.25, 0.3) is 0 Å². The molecule has 0 aromatic carbocycles. The molecule has 0 bridgehead atoms. The van der Waals surface area contributed by atoms with Gasteiger partial charge in [0, 0.05) is 43.3 Å². The van der Waals surface area contributed by atoms with Crippen molar-refractivity contribution >= 4 is 0 Å². The van der Waals surface area contributed by atoms with Gasteiger partial charge in [-0.2, -0.15) is 0 Å². The van der Waals surface area contributed by atoms with Crippen LogP contribution in [0.2, 0.25) is 0 Å². The maximum Gasteiger partial charge on any atom is 0.112 e. The largest absolute Gasteiger partial charge is 0.313 e. The van der Waals surface area contributed by atoms with Gasteiger partial charge in [-0.3, -0.25) is 4.98 Å². The molecule has 1 N–H and O–H groups in total. The molecule has 0 aliphatic heterocycles. The lowest BCUT2D eigenvalue weighted by molar-refractivity contribution is 0.670. The third kappa shape index (κ3) is 2.76. The molecule has 0 saturated carbocycles. The molecule has 2 aromatic rings. The van der Waals surface area contributed by atoms with Gasteiger partial charge in [-0.05, 0) is 19.0 Å². The fraction of sp³-hybridized carbons (Fsp3) is 0.429. The van der Waals surface area contributed by atoms with Crippen molar-refractivity contribution in [3.8, 4) is 5.69 Å². The summed E-state index contributed by atoms with van der Waals surface area (Å²) in [6.45, 7) is 6.16. The van der Waals surface area contributed by atoms with E-state index in [2.05, 4.69) is 33.7 Å². The van der Waals surface area contributed by atoms with Gasteiger partial charge in [0.15, 0.2) is 0 Å². The molecule has 0 radical (unpaired) electrons. The van der Waals surface area contributed by atoms with Gasteiger partial charge in [0.1, 0.15) is 5.82 Å². The Balaban J connectivity index is 2.27. The molecule has 0 amide bonds. The SMILES string of the molecule is CCCNCc1cnccc1-n1ccnc1CC. The number of aromatic nitrogens is 3. The minimum Gasteiger partial charge on any atom is -0.313 e. The van der Waals surface area contributed by atoms with E-state index in [1.165, 1.54) is 11.3 Å². The standard InChI is InChI=1S/C14H20N4/c1-3-6-15-10-12-11-16-7-5-13(12)18-9-8-17-14(18)4-2/h5,7-9,11,15H,3-4,6,10H2,1-2H3. The molecule has 2 aromatic heterocycles. The third-order valence-electron chi connectivity index (χ3n) is 2.91. The van der Waals surface area contributed by atoms with Gasteiger partial charge in [0.2, 0.25) is 0 Å². The van der Waals surface area contributed by atoms with Gasteiger partial charge >= 0.3 is 0 Å². The van der Waals surface area contributed by atoms with Crippen LogP contribution < -0.4 is 5.32 Å². The lowest BCUT2D eigenvalue weighted by atomic mass is 10.2. The first kappa shape index (κ1) is 12.8. The quantitative estimate of drug-likeness (QED) is 0.793. The first-order valence-corrected chi connectivity index (χ1v) is 6.53. The fourth-order valence-corrected chi connectivity index (χ4v) is 2.01. The average Bonchev–Trinajstić information content (AvgIpc) is 2.88. The van der Waals surface area contributed by atoms with E-state index in [1.807, 2.05) is 30.9 Å². The molecule has 0 aliphatic rings. The van der Waals surface area contributed by atoms with Crippen LogP contribution in [-0.2, 0) is 13.0 Å². The molecule has 2 heterocycles. The van der Waals surface area contributed by atoms with Crippen LogP contribution in [0.15, 0.2) is 30.9 Å². The summed E-state index contributed by atoms with van der Waals surface area (Å²) in [5.74, 6) is 1.08. The number of pyridine rings is 1. The van der Waals surface area contributed by atoms with Crippen molar-refractivity contribution in [3.63, 3.8) is 0 Å². The number of hydrogen-bond donors (Lipinski definition) is 1. The Bertz CT molecular complexity index is 490. The summed E-state index contributed by atoms with van der Waals surface area (Å²) in [5, 5.41) is 3.42. The average molecular weight is 244 g/mol. The summed E-state index contributed by atoms with van der Waals surface area (Å²) in [6, 6.07) is 2.05. The van der Waals surface area contributed by atoms with Crippen molar-refractivity contribution in [3.05, 3.63) is 42.2 Å². The van der Waals surface area contributed by atoms with Crippen molar-refractivity contribution in [1.29, 1.82) is 0 Å². The normalized spacial score (nSPS) is 10.8. The summed E-state index contributed by atoms with van der Waals surface area (Å²) in [4.78, 5) is 8.59. The molecule has 96 valence electrons. The summed E-state index contributed by atoms with van der Waals surface area (Å²) in [5.41, 5.74) is 2.38. The molecule has 0 atom stereocenters. The molecule has 0 spiro atoms. The summed E-state index contributed by atoms with van der Waals surface area (Å²) in [7, 11) is 0. The predicted octanol–water partition coefficient (Wildman–Crippen LogP) is 2.33. The van der Waals surface area contributed by atoms with Crippen LogP contribution in [0.5, 0.6) is 0 Å². The predicted molar refractivity (Wildman–Crippen MR) is 72.7 cm³/mol. The zero-order valence-corrected chi connectivity index (χ0v) is 11.1. The van der Waals surface area contributed by atoms with Crippen LogP contribution in [-0.4, -0.2) is 21.1 Å². The first-order valence-electron chi connectivity index (χ1n) is 6.53. The Morgan fingerprint density at radius 1 is 1.28 bits per heavy atom. The fourth-order valence-electron chi connectivity index (χ4n) is 2.01. The Kier molecular flexibility index (Phi) is 4.47. The van der Waals surface area contributed by atoms with Crippen LogP contribution in [0.25, 0.3) is 5.69 Å². The number of rotatable bonds is 6. The van der Waals surface area contributed by atoms with E-state index in [9.17, 15) is 0 Å². The van der Waals surface area contributed by atoms with Gasteiger partial charge in [-0.25, -0.2) is 4.98 Å². The Labute approximate surface area is 108 Å². The zero-order valence-electron chi connectivity index (χ0n) is 11.1. The van der Waals surface area contributed by atoms with Crippen LogP contribution in [0.3, 0.4) is 0 Å². The van der Waals surface area contributed by atoms with E-state index in [4.69, 9.17) is 0 Å². The Hall–Kier alpha value is -1.68. The molecule has 18 heavy (non-hydrogen) atoms. The van der Waals surface area contributed by atoms with Gasteiger partial charge in [-0.1, -0.05) is 13.8 Å². The van der Waals surface area contributed by atoms with E-state index in [0.29, 0.717) is 0 Å². The highest BCUT2D eigenvalue weighted by Gasteiger charge is 2.07. The number of hydrogen-bond acceptors (Lipinski definition) is 3. The lowest BCUT2D eigenvalue weighted by Gasteiger charge is -2.12. The molecule has 2 rings (SSSR count). The molecular formula is C14H20N4. The second kappa shape index (κ2) is 6.31. The van der Waals surface area contributed by atoms with Crippen LogP contribution in [0, 0.1) is 0 Å². The van der Waals surface area contributed by atoms with E-state index in [1.54, 1.807) is 0 Å². The Morgan fingerprint density at radius 2 is 2.17 bits per heavy atom. The highest BCUT2D eigenvalue weighted by atomic mass is 15.1. The molecule has 4 nitrogen and oxygen atoms in total. The molecular weight excluding hydrogens is 224 g/mol. The monoisotopic (exact) mass is 244 g/mol. The zero-order chi connectivity index (χ0) is 12.8. The minimum absolute atomic E-state index is 0.846. The van der Waals surface area contributed by atoms with Crippen molar-refractivity contribution in [1.82, 2.24) is 19.9 Å². The van der Waals surface area contributed by atoms with Crippen LogP contribution in [0.1, 0.15) is 31.7 Å². The van der Waals surface area contributed by atoms with E-state index in [0.717, 1.165) is 31.8 Å². The maximum atomic E-state index is 4.37. The minimum atomic E-state index is 0.846. The van der Waals surface area contributed by atoms with Crippen molar-refractivity contribution in [2.24, 2.45) is 0 Å². The molecule has 0 aliphatic carbocycles. The van der Waals surface area contributed by atoms with Gasteiger partial charge in [-0.15, -0.1) is 0 Å². The summed E-state index contributed by atoms with van der Waals surface area (Å²) < 4.78 is 2.14. The van der Waals surface area contributed by atoms with E-state index >= 15 is 0 Å². The molecule has 4 heteroatoms. The summed E-state index contributed by atoms with van der Waals surface area (Å²) in [6.07, 6.45) is 9.69. The number of nitrogens with zero attached hydrogens (tertiary/aromatic N) is 3. The van der Waals surface area contributed by atoms with Crippen LogP contribution in [0.4, 0.5) is 0 Å². The molecule has 0 saturated heterocycles. The molecule has 0 unspecified atom stereocenters. The van der Waals surface area contributed by atoms with E-state index < -0.39 is 0 Å². The second-order valence-corrected chi connectivity index (χ2v) is 4.25. The first-order chi connectivity index (χ1) is 8.86. The smallest absolute Gasteiger partial charge is 0.112 e. The highest BCUT2D eigenvalue weighted by Crippen LogP contribution is 2.15. The maximum absolute atomic E-state index is 4.37. The topological polar surface area (TPSA) is 42.7 Å². The second-order valence-electron chi connectivity index (χ2n) is 4.25. The van der Waals surface area contributed by atoms with Gasteiger partial charge < -0.3 is 9.88 Å². The van der Waals surface area contributed by atoms with Crippen molar-refractivity contribution in [2.75, 3.05) is 6.54 Å². The van der Waals surface area contributed by atoms with Gasteiger partial charge in [0.05, 0.1) is 5.69 Å². The van der Waals surface area contributed by atoms with Crippen LogP contribution >= 0.6 is 0 Å². The van der Waals surface area contributed by atoms with E-state index in [-0.39, 0.29) is 0 Å². The third-order valence-corrected chi connectivity index (χ3v) is 2.91. The highest BCUT2D eigenvalue weighted by molar-refractivity contribution is 5.39. The number of aryl methyl sites for hydroxylation is 1.